The van der Waals surface area contributed by atoms with Gasteiger partial charge in [-0.05, 0) is 71.6 Å². The molecule has 1 unspecified atom stereocenters. The maximum atomic E-state index is 4.51. The van der Waals surface area contributed by atoms with Gasteiger partial charge in [-0.25, -0.2) is 0 Å². The van der Waals surface area contributed by atoms with Crippen molar-refractivity contribution in [2.75, 3.05) is 6.54 Å². The molecule has 1 atom stereocenters. The Balaban J connectivity index is 2.28. The molecule has 0 fully saturated rings. The minimum atomic E-state index is 0.295. The minimum Gasteiger partial charge on any atom is -0.308 e. The standard InChI is InChI=1S/C15H22BrN3S/c1-4-6-17-14(8-12-5-7-20-10-12)15-13(16)9-18-19(15)11(2)3/h5,7,9-11,14,17H,4,6,8H2,1-3H3. The van der Waals surface area contributed by atoms with E-state index in [1.54, 1.807) is 11.3 Å². The van der Waals surface area contributed by atoms with E-state index in [9.17, 15) is 0 Å². The zero-order valence-corrected chi connectivity index (χ0v) is 14.7. The van der Waals surface area contributed by atoms with Crippen molar-refractivity contribution < 1.29 is 0 Å². The maximum absolute atomic E-state index is 4.51. The summed E-state index contributed by atoms with van der Waals surface area (Å²) in [6.07, 6.45) is 4.04. The number of rotatable bonds is 7. The van der Waals surface area contributed by atoms with Crippen LogP contribution < -0.4 is 5.32 Å². The largest absolute Gasteiger partial charge is 0.308 e. The second-order valence-corrected chi connectivity index (χ2v) is 6.89. The van der Waals surface area contributed by atoms with Crippen LogP contribution in [0, 0.1) is 0 Å². The Hall–Kier alpha value is -0.650. The summed E-state index contributed by atoms with van der Waals surface area (Å²) < 4.78 is 3.21. The monoisotopic (exact) mass is 355 g/mol. The predicted octanol–water partition coefficient (Wildman–Crippen LogP) is 4.57. The van der Waals surface area contributed by atoms with E-state index in [0.717, 1.165) is 23.9 Å². The first-order chi connectivity index (χ1) is 9.63. The van der Waals surface area contributed by atoms with E-state index in [2.05, 4.69) is 68.6 Å². The zero-order chi connectivity index (χ0) is 14.5. The first-order valence-corrected chi connectivity index (χ1v) is 8.84. The molecule has 0 bridgehead atoms. The highest BCUT2D eigenvalue weighted by atomic mass is 79.9. The second-order valence-electron chi connectivity index (χ2n) is 5.26. The van der Waals surface area contributed by atoms with Gasteiger partial charge in [-0.2, -0.15) is 16.4 Å². The van der Waals surface area contributed by atoms with E-state index in [0.29, 0.717) is 12.1 Å². The molecule has 2 aromatic heterocycles. The summed E-state index contributed by atoms with van der Waals surface area (Å²) in [6.45, 7) is 7.56. The third-order valence-corrected chi connectivity index (χ3v) is 4.61. The fourth-order valence-electron chi connectivity index (χ4n) is 2.32. The van der Waals surface area contributed by atoms with E-state index < -0.39 is 0 Å². The van der Waals surface area contributed by atoms with Crippen molar-refractivity contribution in [2.45, 2.75) is 45.7 Å². The van der Waals surface area contributed by atoms with Gasteiger partial charge >= 0.3 is 0 Å². The molecule has 2 aromatic rings. The molecule has 110 valence electrons. The number of hydrogen-bond donors (Lipinski definition) is 1. The molecule has 0 aliphatic carbocycles. The minimum absolute atomic E-state index is 0.295. The molecule has 2 rings (SSSR count). The number of halogens is 1. The Kier molecular flexibility index (Phi) is 5.81. The van der Waals surface area contributed by atoms with Crippen molar-refractivity contribution in [3.8, 4) is 0 Å². The van der Waals surface area contributed by atoms with E-state index in [-0.39, 0.29) is 0 Å². The van der Waals surface area contributed by atoms with Crippen LogP contribution in [0.5, 0.6) is 0 Å². The Morgan fingerprint density at radius 2 is 2.25 bits per heavy atom. The van der Waals surface area contributed by atoms with Gasteiger partial charge in [-0.3, -0.25) is 4.68 Å². The highest BCUT2D eigenvalue weighted by Crippen LogP contribution is 2.28. The lowest BCUT2D eigenvalue weighted by molar-refractivity contribution is 0.441. The number of nitrogens with zero attached hydrogens (tertiary/aromatic N) is 2. The third-order valence-electron chi connectivity index (χ3n) is 3.27. The summed E-state index contributed by atoms with van der Waals surface area (Å²) >= 11 is 5.42. The van der Waals surface area contributed by atoms with Gasteiger partial charge in [0.15, 0.2) is 0 Å². The average Bonchev–Trinajstić information content (AvgIpc) is 3.04. The highest BCUT2D eigenvalue weighted by molar-refractivity contribution is 9.10. The van der Waals surface area contributed by atoms with Gasteiger partial charge in [0.1, 0.15) is 0 Å². The van der Waals surface area contributed by atoms with Gasteiger partial charge in [0.2, 0.25) is 0 Å². The van der Waals surface area contributed by atoms with Crippen LogP contribution in [0.1, 0.15) is 50.5 Å². The van der Waals surface area contributed by atoms with Crippen LogP contribution in [0.25, 0.3) is 0 Å². The van der Waals surface area contributed by atoms with E-state index in [1.165, 1.54) is 11.3 Å². The maximum Gasteiger partial charge on any atom is 0.0702 e. The molecular weight excluding hydrogens is 334 g/mol. The quantitative estimate of drug-likeness (QED) is 0.788. The Morgan fingerprint density at radius 1 is 1.45 bits per heavy atom. The smallest absolute Gasteiger partial charge is 0.0702 e. The van der Waals surface area contributed by atoms with Crippen LogP contribution in [0.3, 0.4) is 0 Å². The first kappa shape index (κ1) is 15.7. The molecule has 0 saturated heterocycles. The van der Waals surface area contributed by atoms with Gasteiger partial charge < -0.3 is 5.32 Å². The molecule has 20 heavy (non-hydrogen) atoms. The Bertz CT molecular complexity index is 519. The molecule has 0 saturated carbocycles. The van der Waals surface area contributed by atoms with Crippen LogP contribution in [-0.2, 0) is 6.42 Å². The molecule has 5 heteroatoms. The Morgan fingerprint density at radius 3 is 2.85 bits per heavy atom. The molecule has 0 spiro atoms. The fourth-order valence-corrected chi connectivity index (χ4v) is 3.55. The topological polar surface area (TPSA) is 29.9 Å². The number of aromatic nitrogens is 2. The summed E-state index contributed by atoms with van der Waals surface area (Å²) in [5, 5.41) is 12.5. The van der Waals surface area contributed by atoms with Crippen molar-refractivity contribution in [1.29, 1.82) is 0 Å². The second kappa shape index (κ2) is 7.38. The molecule has 3 nitrogen and oxygen atoms in total. The fraction of sp³-hybridized carbons (Fsp3) is 0.533. The lowest BCUT2D eigenvalue weighted by Gasteiger charge is -2.22. The normalized spacial score (nSPS) is 13.1. The van der Waals surface area contributed by atoms with Crippen molar-refractivity contribution in [1.82, 2.24) is 15.1 Å². The third kappa shape index (κ3) is 3.71. The van der Waals surface area contributed by atoms with Crippen LogP contribution in [0.4, 0.5) is 0 Å². The number of nitrogens with one attached hydrogen (secondary N) is 1. The SMILES string of the molecule is CCCNC(Cc1ccsc1)c1c(Br)cnn1C(C)C. The van der Waals surface area contributed by atoms with Gasteiger partial charge in [0.25, 0.3) is 0 Å². The van der Waals surface area contributed by atoms with Crippen molar-refractivity contribution >= 4 is 27.3 Å². The molecule has 0 aliphatic rings. The molecule has 0 aliphatic heterocycles. The molecule has 0 amide bonds. The summed E-state index contributed by atoms with van der Waals surface area (Å²) in [4.78, 5) is 0. The lowest BCUT2D eigenvalue weighted by atomic mass is 10.1. The van der Waals surface area contributed by atoms with E-state index in [4.69, 9.17) is 0 Å². The molecule has 1 N–H and O–H groups in total. The van der Waals surface area contributed by atoms with E-state index >= 15 is 0 Å². The van der Waals surface area contributed by atoms with Gasteiger partial charge in [-0.1, -0.05) is 6.92 Å². The van der Waals surface area contributed by atoms with Crippen LogP contribution in [0.2, 0.25) is 0 Å². The average molecular weight is 356 g/mol. The van der Waals surface area contributed by atoms with Gasteiger partial charge in [0, 0.05) is 6.04 Å². The van der Waals surface area contributed by atoms with Crippen LogP contribution >= 0.6 is 27.3 Å². The van der Waals surface area contributed by atoms with Crippen LogP contribution in [-0.4, -0.2) is 16.3 Å². The number of thiophene rings is 1. The highest BCUT2D eigenvalue weighted by Gasteiger charge is 2.21. The summed E-state index contributed by atoms with van der Waals surface area (Å²) in [6, 6.07) is 2.86. The molecular formula is C15H22BrN3S. The van der Waals surface area contributed by atoms with Crippen LogP contribution in [0.15, 0.2) is 27.5 Å². The predicted molar refractivity (Wildman–Crippen MR) is 89.4 cm³/mol. The zero-order valence-electron chi connectivity index (χ0n) is 12.3. The van der Waals surface area contributed by atoms with E-state index in [1.807, 2.05) is 6.20 Å². The summed E-state index contributed by atoms with van der Waals surface area (Å²) in [5.74, 6) is 0. The Labute approximate surface area is 133 Å². The first-order valence-electron chi connectivity index (χ1n) is 7.10. The van der Waals surface area contributed by atoms with Gasteiger partial charge in [-0.15, -0.1) is 0 Å². The molecule has 0 radical (unpaired) electrons. The van der Waals surface area contributed by atoms with Crippen molar-refractivity contribution in [3.63, 3.8) is 0 Å². The lowest BCUT2D eigenvalue weighted by Crippen LogP contribution is -2.27. The molecule has 0 aromatic carbocycles. The summed E-state index contributed by atoms with van der Waals surface area (Å²) in [5.41, 5.74) is 2.63. The summed E-state index contributed by atoms with van der Waals surface area (Å²) in [7, 11) is 0. The molecule has 2 heterocycles. The number of hydrogen-bond acceptors (Lipinski definition) is 3. The van der Waals surface area contributed by atoms with Gasteiger partial charge in [0.05, 0.1) is 22.4 Å². The van der Waals surface area contributed by atoms with Crippen molar-refractivity contribution in [3.05, 3.63) is 38.8 Å². The van der Waals surface area contributed by atoms with Crippen molar-refractivity contribution in [2.24, 2.45) is 0 Å².